The van der Waals surface area contributed by atoms with Gasteiger partial charge in [-0.3, -0.25) is 14.1 Å². The van der Waals surface area contributed by atoms with E-state index in [1.165, 1.54) is 4.57 Å². The van der Waals surface area contributed by atoms with Crippen molar-refractivity contribution in [3.8, 4) is 28.5 Å². The van der Waals surface area contributed by atoms with Gasteiger partial charge in [-0.1, -0.05) is 43.7 Å². The average Bonchev–Trinajstić information content (AvgIpc) is 3.68. The van der Waals surface area contributed by atoms with Crippen molar-refractivity contribution in [1.29, 1.82) is 0 Å². The molecule has 0 unspecified atom stereocenters. The second-order valence-corrected chi connectivity index (χ2v) is 9.67. The fourth-order valence-corrected chi connectivity index (χ4v) is 4.73. The summed E-state index contributed by atoms with van der Waals surface area (Å²) < 4.78 is 5.00. The molecule has 4 heterocycles. The summed E-state index contributed by atoms with van der Waals surface area (Å²) in [4.78, 5) is 30.4. The van der Waals surface area contributed by atoms with Crippen LogP contribution in [0.25, 0.3) is 28.5 Å². The van der Waals surface area contributed by atoms with E-state index in [4.69, 9.17) is 0 Å². The zero-order chi connectivity index (χ0) is 27.5. The van der Waals surface area contributed by atoms with E-state index in [0.29, 0.717) is 24.6 Å². The number of imidazole rings is 1. The lowest BCUT2D eigenvalue weighted by molar-refractivity contribution is 0.0697. The number of unbranched alkanes of at least 4 members (excludes halogenated alkanes) is 1. The Hall–Kier alpha value is -4.80. The molecular formula is C28H30N8O3. The number of hydrogen-bond acceptors (Lipinski definition) is 6. The maximum absolute atomic E-state index is 13.7. The van der Waals surface area contributed by atoms with Crippen LogP contribution in [0, 0.1) is 0 Å². The van der Waals surface area contributed by atoms with Crippen molar-refractivity contribution in [2.24, 2.45) is 0 Å². The van der Waals surface area contributed by atoms with Crippen LogP contribution in [-0.2, 0) is 13.0 Å². The fraction of sp³-hybridized carbons (Fsp3) is 0.286. The molecule has 0 aliphatic rings. The van der Waals surface area contributed by atoms with Crippen LogP contribution in [-0.4, -0.2) is 50.4 Å². The molecule has 0 radical (unpaired) electrons. The molecule has 1 aromatic carbocycles. The lowest BCUT2D eigenvalue weighted by Crippen LogP contribution is -2.27. The largest absolute Gasteiger partial charge is 0.478 e. The van der Waals surface area contributed by atoms with Gasteiger partial charge in [0.05, 0.1) is 12.2 Å². The summed E-state index contributed by atoms with van der Waals surface area (Å²) in [5, 5.41) is 24.0. The van der Waals surface area contributed by atoms with E-state index in [1.807, 2.05) is 54.8 Å². The summed E-state index contributed by atoms with van der Waals surface area (Å²) in [6.45, 7) is 6.33. The molecule has 39 heavy (non-hydrogen) atoms. The molecule has 11 heteroatoms. The van der Waals surface area contributed by atoms with Crippen LogP contribution in [0.1, 0.15) is 61.3 Å². The molecule has 5 rings (SSSR count). The summed E-state index contributed by atoms with van der Waals surface area (Å²) in [5.74, 6) is -0.150. The number of rotatable bonds is 10. The first-order valence-electron chi connectivity index (χ1n) is 12.9. The van der Waals surface area contributed by atoms with Crippen LogP contribution in [0.15, 0.2) is 65.8 Å². The summed E-state index contributed by atoms with van der Waals surface area (Å²) in [6, 6.07) is 13.1. The number of aromatic carboxylic acids is 1. The van der Waals surface area contributed by atoms with Gasteiger partial charge in [0.2, 0.25) is 0 Å². The van der Waals surface area contributed by atoms with Gasteiger partial charge in [0.15, 0.2) is 5.82 Å². The van der Waals surface area contributed by atoms with Crippen molar-refractivity contribution < 1.29 is 9.90 Å². The molecule has 0 bridgehead atoms. The number of aryl methyl sites for hydroxylation is 1. The van der Waals surface area contributed by atoms with Crippen molar-refractivity contribution in [2.45, 2.75) is 52.6 Å². The highest BCUT2D eigenvalue weighted by Crippen LogP contribution is 2.28. The SMILES string of the molecule is CCCCc1cn(-c2c(C(=O)O)ccn2C(C)C)c(=O)n1Cc1ccc(-c2ccccc2-c2nnn[nH]2)nc1. The minimum atomic E-state index is -1.07. The molecule has 200 valence electrons. The molecule has 4 aromatic heterocycles. The molecule has 0 aliphatic heterocycles. The number of H-pyrrole nitrogens is 1. The van der Waals surface area contributed by atoms with E-state index < -0.39 is 5.97 Å². The van der Waals surface area contributed by atoms with Crippen LogP contribution < -0.4 is 5.69 Å². The highest BCUT2D eigenvalue weighted by molar-refractivity contribution is 5.91. The number of nitrogens with zero attached hydrogens (tertiary/aromatic N) is 7. The third-order valence-corrected chi connectivity index (χ3v) is 6.72. The quantitative estimate of drug-likeness (QED) is 0.276. The van der Waals surface area contributed by atoms with Gasteiger partial charge in [-0.25, -0.2) is 14.7 Å². The van der Waals surface area contributed by atoms with Crippen molar-refractivity contribution in [3.05, 3.63) is 88.4 Å². The lowest BCUT2D eigenvalue weighted by Gasteiger charge is -2.14. The normalized spacial score (nSPS) is 11.4. The van der Waals surface area contributed by atoms with Crippen molar-refractivity contribution in [3.63, 3.8) is 0 Å². The van der Waals surface area contributed by atoms with Crippen LogP contribution in [0.5, 0.6) is 0 Å². The van der Waals surface area contributed by atoms with Crippen LogP contribution in [0.2, 0.25) is 0 Å². The molecule has 0 spiro atoms. The number of nitrogens with one attached hydrogen (secondary N) is 1. The number of carboxylic acids is 1. The first kappa shape index (κ1) is 25.8. The van der Waals surface area contributed by atoms with Crippen LogP contribution in [0.3, 0.4) is 0 Å². The number of carboxylic acid groups (broad SMARTS) is 1. The van der Waals surface area contributed by atoms with E-state index in [-0.39, 0.29) is 17.3 Å². The lowest BCUT2D eigenvalue weighted by atomic mass is 10.0. The smallest absolute Gasteiger partial charge is 0.339 e. The second kappa shape index (κ2) is 10.9. The van der Waals surface area contributed by atoms with E-state index in [0.717, 1.165) is 40.9 Å². The molecule has 0 atom stereocenters. The minimum Gasteiger partial charge on any atom is -0.478 e. The number of benzene rings is 1. The molecule has 0 fully saturated rings. The zero-order valence-electron chi connectivity index (χ0n) is 22.1. The van der Waals surface area contributed by atoms with Gasteiger partial charge in [-0.05, 0) is 54.8 Å². The third kappa shape index (κ3) is 5.02. The third-order valence-electron chi connectivity index (χ3n) is 6.72. The summed E-state index contributed by atoms with van der Waals surface area (Å²) >= 11 is 0. The maximum atomic E-state index is 13.7. The molecule has 2 N–H and O–H groups in total. The van der Waals surface area contributed by atoms with Crippen LogP contribution in [0.4, 0.5) is 0 Å². The van der Waals surface area contributed by atoms with E-state index in [9.17, 15) is 14.7 Å². The van der Waals surface area contributed by atoms with E-state index in [2.05, 4.69) is 32.5 Å². The fourth-order valence-electron chi connectivity index (χ4n) is 4.73. The summed E-state index contributed by atoms with van der Waals surface area (Å²) in [6.07, 6.45) is 7.84. The van der Waals surface area contributed by atoms with Gasteiger partial charge in [-0.15, -0.1) is 5.10 Å². The Bertz CT molecular complexity index is 1640. The Morgan fingerprint density at radius 2 is 1.90 bits per heavy atom. The number of aromatic nitrogens is 8. The minimum absolute atomic E-state index is 0.0187. The van der Waals surface area contributed by atoms with Crippen molar-refractivity contribution in [1.82, 2.24) is 39.3 Å². The maximum Gasteiger partial charge on any atom is 0.339 e. The predicted octanol–water partition coefficient (Wildman–Crippen LogP) is 4.35. The number of hydrogen-bond donors (Lipinski definition) is 2. The Labute approximate surface area is 224 Å². The first-order valence-corrected chi connectivity index (χ1v) is 12.9. The molecular weight excluding hydrogens is 496 g/mol. The monoisotopic (exact) mass is 526 g/mol. The van der Waals surface area contributed by atoms with Crippen molar-refractivity contribution >= 4 is 5.97 Å². The number of carbonyl (C=O) groups is 1. The first-order chi connectivity index (χ1) is 18.9. The average molecular weight is 527 g/mol. The van der Waals surface area contributed by atoms with Gasteiger partial charge in [-0.2, -0.15) is 0 Å². The molecule has 11 nitrogen and oxygen atoms in total. The molecule has 0 aliphatic carbocycles. The highest BCUT2D eigenvalue weighted by Gasteiger charge is 2.23. The summed E-state index contributed by atoms with van der Waals surface area (Å²) in [5.41, 5.74) is 3.98. The van der Waals surface area contributed by atoms with E-state index >= 15 is 0 Å². The Morgan fingerprint density at radius 3 is 2.54 bits per heavy atom. The van der Waals surface area contributed by atoms with Crippen molar-refractivity contribution in [2.75, 3.05) is 0 Å². The Kier molecular flexibility index (Phi) is 7.22. The summed E-state index contributed by atoms with van der Waals surface area (Å²) in [7, 11) is 0. The number of aromatic amines is 1. The Morgan fingerprint density at radius 1 is 1.10 bits per heavy atom. The molecule has 0 amide bonds. The molecule has 0 saturated heterocycles. The number of tetrazole rings is 1. The molecule has 0 saturated carbocycles. The number of pyridine rings is 1. The van der Waals surface area contributed by atoms with Gasteiger partial charge in [0.1, 0.15) is 11.4 Å². The zero-order valence-corrected chi connectivity index (χ0v) is 22.1. The van der Waals surface area contributed by atoms with Gasteiger partial charge in [0, 0.05) is 41.5 Å². The van der Waals surface area contributed by atoms with E-state index in [1.54, 1.807) is 29.2 Å². The predicted molar refractivity (Wildman–Crippen MR) is 146 cm³/mol. The van der Waals surface area contributed by atoms with Gasteiger partial charge in [0.25, 0.3) is 0 Å². The second-order valence-electron chi connectivity index (χ2n) is 9.67. The topological polar surface area (TPSA) is 137 Å². The van der Waals surface area contributed by atoms with Gasteiger partial charge >= 0.3 is 11.7 Å². The van der Waals surface area contributed by atoms with Gasteiger partial charge < -0.3 is 9.67 Å². The standard InChI is InChI=1S/C28H30N8O3/c1-4-5-8-20-17-36(26-23(27(37)38)13-14-34(26)18(2)3)28(39)35(20)16-19-11-12-24(29-15-19)21-9-6-7-10-22(21)25-30-32-33-31-25/h6-7,9-15,17-18H,4-5,8,16H2,1-3H3,(H,37,38)(H,30,31,32,33). The molecule has 5 aromatic rings. The van der Waals surface area contributed by atoms with Crippen LogP contribution >= 0.6 is 0 Å². The highest BCUT2D eigenvalue weighted by atomic mass is 16.4. The Balaban J connectivity index is 1.52.